The largest absolute Gasteiger partial charge is 0.481 e. The quantitative estimate of drug-likeness (QED) is 0.295. The van der Waals surface area contributed by atoms with Crippen molar-refractivity contribution in [3.05, 3.63) is 0 Å². The summed E-state index contributed by atoms with van der Waals surface area (Å²) in [6.45, 7) is -0.198. The van der Waals surface area contributed by atoms with Gasteiger partial charge in [0.25, 0.3) is 5.97 Å². The minimum atomic E-state index is -1.49. The van der Waals surface area contributed by atoms with E-state index >= 15 is 0 Å². The first-order chi connectivity index (χ1) is 6.36. The Balaban J connectivity index is 0. The fourth-order valence-corrected chi connectivity index (χ4v) is 0.472. The molecule has 0 aliphatic rings. The molecule has 0 radical (unpaired) electrons. The van der Waals surface area contributed by atoms with E-state index in [1.807, 2.05) is 0 Å². The second-order valence-corrected chi connectivity index (χ2v) is 2.51. The van der Waals surface area contributed by atoms with Crippen molar-refractivity contribution < 1.29 is 35.4 Å². The highest BCUT2D eigenvalue weighted by molar-refractivity contribution is 5.62. The Bertz CT molecular complexity index is 135. The molecule has 0 fully saturated rings. The molecule has 6 N–H and O–H groups in total. The molecule has 2 unspecified atom stereocenters. The van der Waals surface area contributed by atoms with Gasteiger partial charge in [-0.3, -0.25) is 4.79 Å². The molecule has 0 aliphatic carbocycles. The highest BCUT2D eigenvalue weighted by Crippen LogP contribution is 1.97. The number of aliphatic hydroxyl groups is 5. The van der Waals surface area contributed by atoms with Crippen molar-refractivity contribution in [3.63, 3.8) is 0 Å². The first-order valence-electron chi connectivity index (χ1n) is 3.82. The molecule has 0 bridgehead atoms. The van der Waals surface area contributed by atoms with Gasteiger partial charge < -0.3 is 30.6 Å². The van der Waals surface area contributed by atoms with Crippen LogP contribution in [0.2, 0.25) is 0 Å². The van der Waals surface area contributed by atoms with E-state index in [9.17, 15) is 0 Å². The molecule has 0 rings (SSSR count). The molecule has 0 saturated heterocycles. The maximum atomic E-state index is 9.00. The smallest absolute Gasteiger partial charge is 0.300 e. The van der Waals surface area contributed by atoms with Crippen LogP contribution in [0.25, 0.3) is 0 Å². The standard InChI is InChI=1S/C5H12O5.C2H4O2/c6-1-3(8)5(10)4(9)2-7;1-2(3)4/h3-10H,1-2H2;1H3,(H,3,4). The number of rotatable bonds is 4. The number of carbonyl (C=O) groups is 1. The van der Waals surface area contributed by atoms with Crippen molar-refractivity contribution in [1.29, 1.82) is 0 Å². The Labute approximate surface area is 80.9 Å². The van der Waals surface area contributed by atoms with Gasteiger partial charge in [0, 0.05) is 6.92 Å². The number of aliphatic carboxylic acids is 1. The summed E-state index contributed by atoms with van der Waals surface area (Å²) in [5, 5.41) is 50.0. The molecule has 0 aromatic heterocycles. The minimum Gasteiger partial charge on any atom is -0.481 e. The molecule has 86 valence electrons. The Morgan fingerprint density at radius 2 is 1.29 bits per heavy atom. The predicted molar refractivity (Wildman–Crippen MR) is 45.5 cm³/mol. The zero-order valence-electron chi connectivity index (χ0n) is 7.74. The summed E-state index contributed by atoms with van der Waals surface area (Å²) < 4.78 is 0. The van der Waals surface area contributed by atoms with Crippen LogP contribution in [0.1, 0.15) is 6.92 Å². The van der Waals surface area contributed by atoms with E-state index in [4.69, 9.17) is 35.4 Å². The lowest BCUT2D eigenvalue weighted by molar-refractivity contribution is -0.134. The maximum Gasteiger partial charge on any atom is 0.300 e. The van der Waals surface area contributed by atoms with Crippen LogP contribution in [0.3, 0.4) is 0 Å². The van der Waals surface area contributed by atoms with Crippen LogP contribution in [0, 0.1) is 0 Å². The second kappa shape index (κ2) is 8.85. The van der Waals surface area contributed by atoms with Gasteiger partial charge >= 0.3 is 0 Å². The van der Waals surface area contributed by atoms with Crippen molar-refractivity contribution in [2.75, 3.05) is 13.2 Å². The van der Waals surface area contributed by atoms with E-state index < -0.39 is 37.5 Å². The number of carboxylic acids is 1. The van der Waals surface area contributed by atoms with Gasteiger partial charge in [-0.15, -0.1) is 0 Å². The first kappa shape index (κ1) is 15.7. The lowest BCUT2D eigenvalue weighted by Crippen LogP contribution is -2.41. The van der Waals surface area contributed by atoms with Crippen molar-refractivity contribution in [1.82, 2.24) is 0 Å². The summed E-state index contributed by atoms with van der Waals surface area (Å²) in [6, 6.07) is 0. The SMILES string of the molecule is CC(=O)O.OCC(O)C(O)C(O)CO. The Kier molecular flexibility index (Phi) is 9.94. The molecular formula is C7H16O7. The average molecular weight is 212 g/mol. The van der Waals surface area contributed by atoms with Gasteiger partial charge in [-0.1, -0.05) is 0 Å². The molecule has 14 heavy (non-hydrogen) atoms. The number of aliphatic hydroxyl groups excluding tert-OH is 5. The van der Waals surface area contributed by atoms with Crippen LogP contribution in [0.15, 0.2) is 0 Å². The normalized spacial score (nSPS) is 16.1. The number of hydrogen-bond acceptors (Lipinski definition) is 6. The fraction of sp³-hybridized carbons (Fsp3) is 0.857. The van der Waals surface area contributed by atoms with Gasteiger partial charge in [0.15, 0.2) is 0 Å². The highest BCUT2D eigenvalue weighted by atomic mass is 16.4. The van der Waals surface area contributed by atoms with E-state index in [1.54, 1.807) is 0 Å². The molecule has 0 saturated carbocycles. The molecule has 7 nitrogen and oxygen atoms in total. The summed E-state index contributed by atoms with van der Waals surface area (Å²) in [6.07, 6.45) is -4.29. The fourth-order valence-electron chi connectivity index (χ4n) is 0.472. The Hall–Kier alpha value is -0.730. The van der Waals surface area contributed by atoms with E-state index in [0.29, 0.717) is 0 Å². The third-order valence-electron chi connectivity index (χ3n) is 1.16. The third kappa shape index (κ3) is 9.36. The summed E-state index contributed by atoms with van der Waals surface area (Å²) in [5.74, 6) is -0.833. The molecule has 0 spiro atoms. The first-order valence-corrected chi connectivity index (χ1v) is 3.82. The van der Waals surface area contributed by atoms with Gasteiger partial charge in [-0.2, -0.15) is 0 Å². The Morgan fingerprint density at radius 3 is 1.43 bits per heavy atom. The van der Waals surface area contributed by atoms with Gasteiger partial charge in [0.1, 0.15) is 18.3 Å². The number of hydrogen-bond donors (Lipinski definition) is 6. The predicted octanol–water partition coefficient (Wildman–Crippen LogP) is -2.86. The van der Waals surface area contributed by atoms with E-state index in [1.165, 1.54) is 0 Å². The molecule has 0 amide bonds. The van der Waals surface area contributed by atoms with Crippen molar-refractivity contribution in [2.24, 2.45) is 0 Å². The van der Waals surface area contributed by atoms with Crippen LogP contribution in [-0.4, -0.2) is 68.1 Å². The lowest BCUT2D eigenvalue weighted by Gasteiger charge is -2.19. The summed E-state index contributed by atoms with van der Waals surface area (Å²) in [5.41, 5.74) is 0. The molecule has 2 atom stereocenters. The molecule has 0 aromatic carbocycles. The monoisotopic (exact) mass is 212 g/mol. The Morgan fingerprint density at radius 1 is 1.07 bits per heavy atom. The molecule has 0 aliphatic heterocycles. The number of carboxylic acid groups (broad SMARTS) is 1. The van der Waals surface area contributed by atoms with E-state index in [-0.39, 0.29) is 0 Å². The molecule has 0 heterocycles. The van der Waals surface area contributed by atoms with Gasteiger partial charge in [0.2, 0.25) is 0 Å². The van der Waals surface area contributed by atoms with Crippen molar-refractivity contribution in [3.8, 4) is 0 Å². The van der Waals surface area contributed by atoms with Crippen LogP contribution in [-0.2, 0) is 4.79 Å². The molecular weight excluding hydrogens is 196 g/mol. The van der Waals surface area contributed by atoms with Crippen LogP contribution < -0.4 is 0 Å². The molecule has 7 heteroatoms. The van der Waals surface area contributed by atoms with Crippen molar-refractivity contribution in [2.45, 2.75) is 25.2 Å². The summed E-state index contributed by atoms with van der Waals surface area (Å²) in [4.78, 5) is 9.00. The maximum absolute atomic E-state index is 9.00. The van der Waals surface area contributed by atoms with Crippen LogP contribution >= 0.6 is 0 Å². The zero-order chi connectivity index (χ0) is 11.7. The highest BCUT2D eigenvalue weighted by Gasteiger charge is 2.22. The van der Waals surface area contributed by atoms with E-state index in [0.717, 1.165) is 6.92 Å². The van der Waals surface area contributed by atoms with Crippen LogP contribution in [0.4, 0.5) is 0 Å². The van der Waals surface area contributed by atoms with Gasteiger partial charge in [-0.05, 0) is 0 Å². The van der Waals surface area contributed by atoms with Gasteiger partial charge in [0.05, 0.1) is 13.2 Å². The summed E-state index contributed by atoms with van der Waals surface area (Å²) >= 11 is 0. The second-order valence-electron chi connectivity index (χ2n) is 2.51. The van der Waals surface area contributed by atoms with Crippen LogP contribution in [0.5, 0.6) is 0 Å². The topological polar surface area (TPSA) is 138 Å². The van der Waals surface area contributed by atoms with Gasteiger partial charge in [-0.25, -0.2) is 0 Å². The van der Waals surface area contributed by atoms with E-state index in [2.05, 4.69) is 0 Å². The van der Waals surface area contributed by atoms with Crippen molar-refractivity contribution >= 4 is 5.97 Å². The molecule has 0 aromatic rings. The summed E-state index contributed by atoms with van der Waals surface area (Å²) in [7, 11) is 0. The average Bonchev–Trinajstić information content (AvgIpc) is 2.13. The lowest BCUT2D eigenvalue weighted by atomic mass is 10.1. The zero-order valence-corrected chi connectivity index (χ0v) is 7.74. The third-order valence-corrected chi connectivity index (χ3v) is 1.16. The minimum absolute atomic E-state index is 0.641.